The quantitative estimate of drug-likeness (QED) is 0.276. The second-order valence-electron chi connectivity index (χ2n) is 3.78. The fourth-order valence-corrected chi connectivity index (χ4v) is 1.45. The van der Waals surface area contributed by atoms with Crippen molar-refractivity contribution in [3.63, 3.8) is 0 Å². The molecule has 8 heteroatoms. The lowest BCUT2D eigenvalue weighted by Gasteiger charge is -2.20. The van der Waals surface area contributed by atoms with Crippen LogP contribution in [0, 0.1) is 0 Å². The number of carbonyl (C=O) groups excluding carboxylic acids is 4. The second-order valence-corrected chi connectivity index (χ2v) is 3.78. The largest absolute Gasteiger partial charge is 0.357 e. The van der Waals surface area contributed by atoms with Crippen LogP contribution in [0.25, 0.3) is 0 Å². The van der Waals surface area contributed by atoms with Crippen molar-refractivity contribution in [3.05, 3.63) is 0 Å². The molecule has 0 heterocycles. The summed E-state index contributed by atoms with van der Waals surface area (Å²) >= 11 is 0. The number of rotatable bonds is 14. The summed E-state index contributed by atoms with van der Waals surface area (Å²) < 4.78 is 0. The smallest absolute Gasteiger partial charge is 0.209 e. The van der Waals surface area contributed by atoms with E-state index in [1.54, 1.807) is 0 Å². The summed E-state index contributed by atoms with van der Waals surface area (Å²) in [7, 11) is 0. The van der Waals surface area contributed by atoms with Crippen LogP contribution in [0.1, 0.15) is 6.42 Å². The molecule has 0 bridgehead atoms. The molecule has 0 radical (unpaired) electrons. The number of nitrogens with one attached hydrogen (secondary N) is 2. The molecule has 0 saturated heterocycles. The first-order valence-electron chi connectivity index (χ1n) is 6.01. The van der Waals surface area contributed by atoms with Gasteiger partial charge in [-0.15, -0.1) is 0 Å². The van der Waals surface area contributed by atoms with Gasteiger partial charge in [-0.2, -0.15) is 0 Å². The van der Waals surface area contributed by atoms with E-state index in [0.717, 1.165) is 0 Å². The lowest BCUT2D eigenvalue weighted by Crippen LogP contribution is -2.35. The summed E-state index contributed by atoms with van der Waals surface area (Å²) in [6, 6.07) is 0. The SMILES string of the molecule is O=CNCCN(C=O)CCCN(C=O)CCNC=O. The third kappa shape index (κ3) is 9.57. The van der Waals surface area contributed by atoms with E-state index < -0.39 is 0 Å². The molecule has 0 spiro atoms. The summed E-state index contributed by atoms with van der Waals surface area (Å²) in [6.07, 6.45) is 3.23. The monoisotopic (exact) mass is 272 g/mol. The Kier molecular flexibility index (Phi) is 11.0. The molecule has 0 saturated carbocycles. The average molecular weight is 272 g/mol. The van der Waals surface area contributed by atoms with Crippen LogP contribution in [0.2, 0.25) is 0 Å². The van der Waals surface area contributed by atoms with Gasteiger partial charge in [0.05, 0.1) is 0 Å². The molecule has 0 atom stereocenters. The van der Waals surface area contributed by atoms with Crippen LogP contribution >= 0.6 is 0 Å². The minimum absolute atomic E-state index is 0.406. The predicted molar refractivity (Wildman–Crippen MR) is 68.0 cm³/mol. The number of hydrogen-bond donors (Lipinski definition) is 2. The Hall–Kier alpha value is -2.12. The topological polar surface area (TPSA) is 98.8 Å². The van der Waals surface area contributed by atoms with E-state index >= 15 is 0 Å². The highest BCUT2D eigenvalue weighted by Gasteiger charge is 2.04. The lowest BCUT2D eigenvalue weighted by atomic mass is 10.3. The molecule has 19 heavy (non-hydrogen) atoms. The van der Waals surface area contributed by atoms with Gasteiger partial charge < -0.3 is 20.4 Å². The molecule has 108 valence electrons. The normalized spacial score (nSPS) is 9.26. The fraction of sp³-hybridized carbons (Fsp3) is 0.636. The zero-order valence-electron chi connectivity index (χ0n) is 10.8. The van der Waals surface area contributed by atoms with Crippen molar-refractivity contribution in [2.45, 2.75) is 6.42 Å². The molecular weight excluding hydrogens is 252 g/mol. The molecule has 0 rings (SSSR count). The van der Waals surface area contributed by atoms with Gasteiger partial charge >= 0.3 is 0 Å². The first-order valence-corrected chi connectivity index (χ1v) is 6.01. The van der Waals surface area contributed by atoms with Gasteiger partial charge in [0.25, 0.3) is 0 Å². The van der Waals surface area contributed by atoms with Crippen LogP contribution in [0.4, 0.5) is 0 Å². The molecular formula is C11H20N4O4. The first kappa shape index (κ1) is 16.9. The summed E-state index contributed by atoms with van der Waals surface area (Å²) in [4.78, 5) is 44.6. The van der Waals surface area contributed by atoms with Crippen LogP contribution in [-0.2, 0) is 19.2 Å². The van der Waals surface area contributed by atoms with Crippen molar-refractivity contribution in [3.8, 4) is 0 Å². The Morgan fingerprint density at radius 2 is 1.11 bits per heavy atom. The fourth-order valence-electron chi connectivity index (χ4n) is 1.45. The summed E-state index contributed by atoms with van der Waals surface area (Å²) in [5.41, 5.74) is 0. The molecule has 2 N–H and O–H groups in total. The maximum absolute atomic E-state index is 10.7. The van der Waals surface area contributed by atoms with Gasteiger partial charge in [0, 0.05) is 39.3 Å². The third-order valence-corrected chi connectivity index (χ3v) is 2.44. The molecule has 0 fully saturated rings. The molecule has 0 aliphatic rings. The summed E-state index contributed by atoms with van der Waals surface area (Å²) in [5, 5.41) is 4.94. The maximum Gasteiger partial charge on any atom is 0.209 e. The van der Waals surface area contributed by atoms with Crippen LogP contribution < -0.4 is 10.6 Å². The Labute approximate surface area is 112 Å². The molecule has 0 aliphatic heterocycles. The van der Waals surface area contributed by atoms with Crippen molar-refractivity contribution in [1.82, 2.24) is 20.4 Å². The van der Waals surface area contributed by atoms with Gasteiger partial charge in [-0.05, 0) is 6.42 Å². The van der Waals surface area contributed by atoms with Crippen molar-refractivity contribution < 1.29 is 19.2 Å². The van der Waals surface area contributed by atoms with E-state index in [9.17, 15) is 19.2 Å². The summed E-state index contributed by atoms with van der Waals surface area (Å²) in [5.74, 6) is 0. The van der Waals surface area contributed by atoms with E-state index in [2.05, 4.69) is 10.6 Å². The molecule has 0 aromatic carbocycles. The van der Waals surface area contributed by atoms with Crippen molar-refractivity contribution >= 4 is 25.6 Å². The molecule has 4 amide bonds. The molecule has 0 aliphatic carbocycles. The number of hydrogen-bond acceptors (Lipinski definition) is 4. The van der Waals surface area contributed by atoms with Crippen molar-refractivity contribution in [2.75, 3.05) is 39.3 Å². The highest BCUT2D eigenvalue weighted by molar-refractivity contribution is 5.49. The average Bonchev–Trinajstić information content (AvgIpc) is 2.44. The molecule has 0 aromatic rings. The van der Waals surface area contributed by atoms with Gasteiger partial charge in [0.2, 0.25) is 25.6 Å². The standard InChI is InChI=1S/C11H20N4O4/c16-8-12-2-6-14(10-18)4-1-5-15(11-19)7-3-13-9-17/h8-11H,1-7H2,(H,12,16)(H,13,17). The number of carbonyl (C=O) groups is 4. The number of amides is 4. The van der Waals surface area contributed by atoms with E-state index in [1.807, 2.05) is 0 Å². The van der Waals surface area contributed by atoms with Gasteiger partial charge in [0.15, 0.2) is 0 Å². The van der Waals surface area contributed by atoms with Crippen LogP contribution in [0.15, 0.2) is 0 Å². The number of nitrogens with zero attached hydrogens (tertiary/aromatic N) is 2. The van der Waals surface area contributed by atoms with Crippen molar-refractivity contribution in [2.24, 2.45) is 0 Å². The highest BCUT2D eigenvalue weighted by atomic mass is 16.1. The highest BCUT2D eigenvalue weighted by Crippen LogP contribution is 1.91. The Morgan fingerprint density at radius 3 is 1.42 bits per heavy atom. The van der Waals surface area contributed by atoms with Gasteiger partial charge in [0.1, 0.15) is 0 Å². The van der Waals surface area contributed by atoms with E-state index in [-0.39, 0.29) is 0 Å². The maximum atomic E-state index is 10.7. The zero-order chi connectivity index (χ0) is 14.3. The predicted octanol–water partition coefficient (Wildman–Crippen LogP) is -2.21. The third-order valence-electron chi connectivity index (χ3n) is 2.44. The van der Waals surface area contributed by atoms with E-state index in [4.69, 9.17) is 0 Å². The van der Waals surface area contributed by atoms with Crippen LogP contribution in [-0.4, -0.2) is 74.7 Å². The molecule has 0 unspecified atom stereocenters. The Balaban J connectivity index is 3.75. The molecule has 0 aromatic heterocycles. The van der Waals surface area contributed by atoms with E-state index in [1.165, 1.54) is 9.80 Å². The van der Waals surface area contributed by atoms with Gasteiger partial charge in [-0.3, -0.25) is 19.2 Å². The van der Waals surface area contributed by atoms with Gasteiger partial charge in [-0.1, -0.05) is 0 Å². The lowest BCUT2D eigenvalue weighted by molar-refractivity contribution is -0.119. The minimum Gasteiger partial charge on any atom is -0.357 e. The first-order chi connectivity index (χ1) is 9.28. The zero-order valence-corrected chi connectivity index (χ0v) is 10.8. The molecule has 8 nitrogen and oxygen atoms in total. The minimum atomic E-state index is 0.406. The van der Waals surface area contributed by atoms with Crippen LogP contribution in [0.5, 0.6) is 0 Å². The van der Waals surface area contributed by atoms with Crippen LogP contribution in [0.3, 0.4) is 0 Å². The second kappa shape index (κ2) is 12.3. The summed E-state index contributed by atoms with van der Waals surface area (Å²) in [6.45, 7) is 2.71. The Morgan fingerprint density at radius 1 is 0.684 bits per heavy atom. The van der Waals surface area contributed by atoms with E-state index in [0.29, 0.717) is 71.3 Å². The van der Waals surface area contributed by atoms with Gasteiger partial charge in [-0.25, -0.2) is 0 Å². The van der Waals surface area contributed by atoms with Crippen molar-refractivity contribution in [1.29, 1.82) is 0 Å². The Bertz CT molecular complexity index is 249.